The molecule has 0 spiro atoms. The minimum absolute atomic E-state index is 0.0124. The smallest absolute Gasteiger partial charge is 0.142 e. The van der Waals surface area contributed by atoms with Gasteiger partial charge in [-0.05, 0) is 30.7 Å². The molecule has 0 heterocycles. The molecule has 140 valence electrons. The first-order valence-electron chi connectivity index (χ1n) is 8.74. The van der Waals surface area contributed by atoms with E-state index in [4.69, 9.17) is 25.8 Å². The number of hydrogen-bond acceptors (Lipinski definition) is 7. The van der Waals surface area contributed by atoms with E-state index in [1.165, 1.54) is 0 Å². The van der Waals surface area contributed by atoms with Crippen molar-refractivity contribution >= 4 is 28.5 Å². The Morgan fingerprint density at radius 1 is 1.08 bits per heavy atom. The van der Waals surface area contributed by atoms with Crippen molar-refractivity contribution in [1.29, 1.82) is 10.8 Å². The van der Waals surface area contributed by atoms with E-state index < -0.39 is 0 Å². The number of rotatable bonds is 9. The molecule has 0 aromatic heterocycles. The number of aliphatic imine (C=N–C) groups is 1. The van der Waals surface area contributed by atoms with Gasteiger partial charge in [0.2, 0.25) is 0 Å². The largest absolute Gasteiger partial charge is 0.492 e. The summed E-state index contributed by atoms with van der Waals surface area (Å²) in [6.07, 6.45) is 2.73. The van der Waals surface area contributed by atoms with Crippen molar-refractivity contribution in [3.05, 3.63) is 36.1 Å². The van der Waals surface area contributed by atoms with E-state index >= 15 is 0 Å². The van der Waals surface area contributed by atoms with E-state index in [9.17, 15) is 0 Å². The van der Waals surface area contributed by atoms with Crippen LogP contribution >= 0.6 is 0 Å². The fourth-order valence-corrected chi connectivity index (χ4v) is 2.58. The van der Waals surface area contributed by atoms with Crippen molar-refractivity contribution in [2.24, 2.45) is 4.99 Å². The van der Waals surface area contributed by atoms with Crippen LogP contribution in [0.4, 0.5) is 11.4 Å². The zero-order valence-electron chi connectivity index (χ0n) is 15.0. The van der Waals surface area contributed by atoms with Gasteiger partial charge in [0, 0.05) is 31.3 Å². The predicted molar refractivity (Wildman–Crippen MR) is 104 cm³/mol. The molecule has 7 nitrogen and oxygen atoms in total. The molecule has 0 aliphatic heterocycles. The summed E-state index contributed by atoms with van der Waals surface area (Å²) in [5.41, 5.74) is 2.69. The number of ether oxygens (including phenoxy) is 1. The summed E-state index contributed by atoms with van der Waals surface area (Å²) in [6.45, 7) is 3.46. The zero-order chi connectivity index (χ0) is 18.9. The molecule has 0 atom stereocenters. The maximum Gasteiger partial charge on any atom is 0.142 e. The minimum atomic E-state index is 0.0124. The van der Waals surface area contributed by atoms with Crippen LogP contribution in [0.5, 0.6) is 0 Å². The van der Waals surface area contributed by atoms with Crippen molar-refractivity contribution < 1.29 is 14.9 Å². The van der Waals surface area contributed by atoms with Gasteiger partial charge in [-0.2, -0.15) is 0 Å². The van der Waals surface area contributed by atoms with Crippen LogP contribution in [0.3, 0.4) is 0 Å². The van der Waals surface area contributed by atoms with Crippen LogP contribution in [0, 0.1) is 10.8 Å². The Bertz CT molecular complexity index is 689. The molecule has 1 aromatic rings. The van der Waals surface area contributed by atoms with Crippen LogP contribution in [0.15, 0.2) is 41.1 Å². The number of aliphatic hydroxyl groups is 2. The number of benzene rings is 1. The molecule has 2 rings (SSSR count). The number of anilines is 1. The number of hydrogen-bond donors (Lipinski definition) is 4. The van der Waals surface area contributed by atoms with Crippen LogP contribution in [0.25, 0.3) is 0 Å². The van der Waals surface area contributed by atoms with Gasteiger partial charge in [-0.15, -0.1) is 0 Å². The first-order valence-corrected chi connectivity index (χ1v) is 8.74. The molecule has 7 heteroatoms. The molecule has 0 saturated heterocycles. The molecular formula is C19H26N4O3. The van der Waals surface area contributed by atoms with Gasteiger partial charge in [-0.3, -0.25) is 0 Å². The lowest BCUT2D eigenvalue weighted by atomic mass is 10.00. The summed E-state index contributed by atoms with van der Waals surface area (Å²) in [5.74, 6) is 0.482. The highest BCUT2D eigenvalue weighted by Crippen LogP contribution is 2.22. The lowest BCUT2D eigenvalue weighted by molar-refractivity contribution is 0.231. The highest BCUT2D eigenvalue weighted by Gasteiger charge is 2.20. The molecule has 0 unspecified atom stereocenters. The Balaban J connectivity index is 2.20. The van der Waals surface area contributed by atoms with E-state index in [0.29, 0.717) is 48.3 Å². The van der Waals surface area contributed by atoms with Crippen molar-refractivity contribution in [1.82, 2.24) is 0 Å². The van der Waals surface area contributed by atoms with E-state index in [1.54, 1.807) is 6.08 Å². The number of nitrogens with zero attached hydrogens (tertiary/aromatic N) is 2. The third-order valence-corrected chi connectivity index (χ3v) is 3.89. The van der Waals surface area contributed by atoms with Crippen LogP contribution in [0.1, 0.15) is 19.8 Å². The van der Waals surface area contributed by atoms with Crippen LogP contribution in [-0.4, -0.2) is 60.3 Å². The van der Waals surface area contributed by atoms with E-state index in [0.717, 1.165) is 12.1 Å². The van der Waals surface area contributed by atoms with Gasteiger partial charge in [-0.1, -0.05) is 6.92 Å². The number of aliphatic hydroxyl groups excluding tert-OH is 2. The minimum Gasteiger partial charge on any atom is -0.492 e. The molecule has 4 N–H and O–H groups in total. The third kappa shape index (κ3) is 5.24. The van der Waals surface area contributed by atoms with Gasteiger partial charge in [0.05, 0.1) is 42.6 Å². The molecule has 0 radical (unpaired) electrons. The zero-order valence-corrected chi connectivity index (χ0v) is 15.0. The Kier molecular flexibility index (Phi) is 7.50. The molecule has 0 saturated carbocycles. The quantitative estimate of drug-likeness (QED) is 0.542. The summed E-state index contributed by atoms with van der Waals surface area (Å²) in [7, 11) is 0. The number of nitrogens with one attached hydrogen (secondary N) is 2. The highest BCUT2D eigenvalue weighted by atomic mass is 16.5. The van der Waals surface area contributed by atoms with E-state index in [-0.39, 0.29) is 19.6 Å². The second-order valence-corrected chi connectivity index (χ2v) is 5.94. The second kappa shape index (κ2) is 9.84. The van der Waals surface area contributed by atoms with Gasteiger partial charge in [0.25, 0.3) is 0 Å². The maximum absolute atomic E-state index is 9.13. The number of allylic oxidation sites excluding steroid dienone is 2. The Hall–Kier alpha value is -2.51. The van der Waals surface area contributed by atoms with Crippen LogP contribution in [-0.2, 0) is 4.74 Å². The average Bonchev–Trinajstić information content (AvgIpc) is 2.63. The van der Waals surface area contributed by atoms with E-state index in [2.05, 4.69) is 4.99 Å². The van der Waals surface area contributed by atoms with E-state index in [1.807, 2.05) is 36.1 Å². The SMILES string of the molecule is CCCOC1=CC(=Nc2ccc(N(CCO)CCO)cc2)C(=N)CC1=N. The van der Waals surface area contributed by atoms with Gasteiger partial charge in [0.1, 0.15) is 5.76 Å². The topological polar surface area (TPSA) is 113 Å². The van der Waals surface area contributed by atoms with Crippen molar-refractivity contribution in [3.63, 3.8) is 0 Å². The molecule has 0 fully saturated rings. The lowest BCUT2D eigenvalue weighted by Gasteiger charge is -2.23. The fraction of sp³-hybridized carbons (Fsp3) is 0.421. The second-order valence-electron chi connectivity index (χ2n) is 5.94. The molecule has 0 bridgehead atoms. The van der Waals surface area contributed by atoms with Gasteiger partial charge in [0.15, 0.2) is 0 Å². The highest BCUT2D eigenvalue weighted by molar-refractivity contribution is 6.51. The van der Waals surface area contributed by atoms with Crippen LogP contribution < -0.4 is 4.90 Å². The molecule has 1 aliphatic carbocycles. The standard InChI is InChI=1S/C19H26N4O3/c1-2-11-26-19-13-18(16(20)12-17(19)21)22-14-3-5-15(6-4-14)23(7-9-24)8-10-25/h3-6,13,20-21,24-25H,2,7-12H2,1H3. The summed E-state index contributed by atoms with van der Waals surface area (Å²) >= 11 is 0. The Morgan fingerprint density at radius 2 is 1.73 bits per heavy atom. The summed E-state index contributed by atoms with van der Waals surface area (Å²) in [6, 6.07) is 7.41. The van der Waals surface area contributed by atoms with Gasteiger partial charge in [-0.25, -0.2) is 4.99 Å². The van der Waals surface area contributed by atoms with Crippen molar-refractivity contribution in [2.45, 2.75) is 19.8 Å². The molecular weight excluding hydrogens is 332 g/mol. The van der Waals surface area contributed by atoms with Gasteiger partial charge >= 0.3 is 0 Å². The molecule has 26 heavy (non-hydrogen) atoms. The van der Waals surface area contributed by atoms with Crippen LogP contribution in [0.2, 0.25) is 0 Å². The predicted octanol–water partition coefficient (Wildman–Crippen LogP) is 2.30. The third-order valence-electron chi connectivity index (χ3n) is 3.89. The monoisotopic (exact) mass is 358 g/mol. The summed E-state index contributed by atoms with van der Waals surface area (Å²) < 4.78 is 5.57. The molecule has 1 aliphatic rings. The maximum atomic E-state index is 9.13. The van der Waals surface area contributed by atoms with Crippen molar-refractivity contribution in [3.8, 4) is 0 Å². The Morgan fingerprint density at radius 3 is 2.31 bits per heavy atom. The first kappa shape index (κ1) is 19.8. The average molecular weight is 358 g/mol. The molecule has 0 amide bonds. The Labute approximate surface area is 153 Å². The summed E-state index contributed by atoms with van der Waals surface area (Å²) in [4.78, 5) is 6.39. The summed E-state index contributed by atoms with van der Waals surface area (Å²) in [5, 5.41) is 34.3. The normalized spacial score (nSPS) is 16.0. The lowest BCUT2D eigenvalue weighted by Crippen LogP contribution is -2.29. The van der Waals surface area contributed by atoms with Gasteiger partial charge < -0.3 is 30.7 Å². The first-order chi connectivity index (χ1) is 12.6. The molecule has 1 aromatic carbocycles. The fourth-order valence-electron chi connectivity index (χ4n) is 2.58. The van der Waals surface area contributed by atoms with Crippen molar-refractivity contribution in [2.75, 3.05) is 37.8 Å².